The van der Waals surface area contributed by atoms with Gasteiger partial charge >= 0.3 is 0 Å². The molecule has 0 aliphatic heterocycles. The van der Waals surface area contributed by atoms with Gasteiger partial charge in [0.25, 0.3) is 0 Å². The molecule has 2 rings (SSSR count). The standard InChI is InChI=1S/C20H32N2O2/c1-17(23)22(15-13-19-10-6-3-7-11-19)16-20(24)21-14-12-18-8-4-2-5-9-18/h8,10H,2-7,9,11-16H2,1H3,(H,21,24). The first-order chi connectivity index (χ1) is 11.6. The highest BCUT2D eigenvalue weighted by Gasteiger charge is 2.14. The number of carbonyl (C=O) groups is 2. The number of nitrogens with one attached hydrogen (secondary N) is 1. The van der Waals surface area contributed by atoms with E-state index in [1.54, 1.807) is 11.8 Å². The van der Waals surface area contributed by atoms with E-state index in [2.05, 4.69) is 17.5 Å². The van der Waals surface area contributed by atoms with Crippen molar-refractivity contribution in [3.63, 3.8) is 0 Å². The Morgan fingerprint density at radius 3 is 2.17 bits per heavy atom. The van der Waals surface area contributed by atoms with E-state index in [0.717, 1.165) is 25.7 Å². The molecule has 0 saturated heterocycles. The molecule has 0 radical (unpaired) electrons. The molecular formula is C20H32N2O2. The first kappa shape index (κ1) is 18.8. The fourth-order valence-electron chi connectivity index (χ4n) is 3.48. The van der Waals surface area contributed by atoms with Crippen LogP contribution in [0.4, 0.5) is 0 Å². The summed E-state index contributed by atoms with van der Waals surface area (Å²) in [6.07, 6.45) is 16.2. The van der Waals surface area contributed by atoms with Crippen LogP contribution in [0, 0.1) is 0 Å². The van der Waals surface area contributed by atoms with E-state index >= 15 is 0 Å². The summed E-state index contributed by atoms with van der Waals surface area (Å²) in [6, 6.07) is 0. The van der Waals surface area contributed by atoms with E-state index in [4.69, 9.17) is 0 Å². The van der Waals surface area contributed by atoms with Gasteiger partial charge in [0, 0.05) is 20.0 Å². The van der Waals surface area contributed by atoms with E-state index < -0.39 is 0 Å². The lowest BCUT2D eigenvalue weighted by molar-refractivity contribution is -0.134. The molecule has 1 N–H and O–H groups in total. The number of carbonyl (C=O) groups excluding carboxylic acids is 2. The smallest absolute Gasteiger partial charge is 0.239 e. The summed E-state index contributed by atoms with van der Waals surface area (Å²) < 4.78 is 0. The van der Waals surface area contributed by atoms with Crippen LogP contribution in [0.1, 0.15) is 71.1 Å². The maximum absolute atomic E-state index is 12.1. The molecule has 0 saturated carbocycles. The summed E-state index contributed by atoms with van der Waals surface area (Å²) in [6.45, 7) is 3.07. The highest BCUT2D eigenvalue weighted by Crippen LogP contribution is 2.20. The van der Waals surface area contributed by atoms with E-state index in [9.17, 15) is 9.59 Å². The van der Waals surface area contributed by atoms with Crippen LogP contribution in [0.15, 0.2) is 23.3 Å². The molecule has 0 aromatic carbocycles. The first-order valence-electron chi connectivity index (χ1n) is 9.53. The van der Waals surface area contributed by atoms with Crippen molar-refractivity contribution in [2.45, 2.75) is 71.1 Å². The molecule has 0 heterocycles. The lowest BCUT2D eigenvalue weighted by Crippen LogP contribution is -2.40. The van der Waals surface area contributed by atoms with Crippen molar-refractivity contribution in [1.29, 1.82) is 0 Å². The van der Waals surface area contributed by atoms with Gasteiger partial charge in [0.2, 0.25) is 11.8 Å². The largest absolute Gasteiger partial charge is 0.354 e. The maximum atomic E-state index is 12.1. The summed E-state index contributed by atoms with van der Waals surface area (Å²) in [5.41, 5.74) is 2.91. The third-order valence-electron chi connectivity index (χ3n) is 5.02. The van der Waals surface area contributed by atoms with Crippen LogP contribution < -0.4 is 5.32 Å². The Kier molecular flexibility index (Phi) is 8.06. The molecule has 2 amide bonds. The Bertz CT molecular complexity index is 494. The van der Waals surface area contributed by atoms with Crippen molar-refractivity contribution < 1.29 is 9.59 Å². The molecule has 0 bridgehead atoms. The van der Waals surface area contributed by atoms with Gasteiger partial charge in [0.05, 0.1) is 6.54 Å². The molecule has 0 unspecified atom stereocenters. The Balaban J connectivity index is 1.68. The zero-order chi connectivity index (χ0) is 17.2. The number of allylic oxidation sites excluding steroid dienone is 2. The molecule has 0 aromatic rings. The molecule has 0 atom stereocenters. The van der Waals surface area contributed by atoms with E-state index in [1.807, 2.05) is 0 Å². The predicted octanol–water partition coefficient (Wildman–Crippen LogP) is 3.73. The van der Waals surface area contributed by atoms with Crippen molar-refractivity contribution in [2.24, 2.45) is 0 Å². The number of amides is 2. The van der Waals surface area contributed by atoms with Crippen molar-refractivity contribution in [1.82, 2.24) is 10.2 Å². The molecule has 0 fully saturated rings. The van der Waals surface area contributed by atoms with E-state index in [1.165, 1.54) is 49.7 Å². The summed E-state index contributed by atoms with van der Waals surface area (Å²) in [5.74, 6) is -0.0595. The average Bonchev–Trinajstić information content (AvgIpc) is 2.60. The molecular weight excluding hydrogens is 300 g/mol. The van der Waals surface area contributed by atoms with Crippen LogP contribution in [0.2, 0.25) is 0 Å². The second kappa shape index (κ2) is 10.3. The molecule has 4 heteroatoms. The number of rotatable bonds is 8. The van der Waals surface area contributed by atoms with Gasteiger partial charge < -0.3 is 10.2 Å². The first-order valence-corrected chi connectivity index (χ1v) is 9.53. The number of hydrogen-bond donors (Lipinski definition) is 1. The fraction of sp³-hybridized carbons (Fsp3) is 0.700. The molecule has 2 aliphatic carbocycles. The van der Waals surface area contributed by atoms with Crippen molar-refractivity contribution in [3.05, 3.63) is 23.3 Å². The summed E-state index contributed by atoms with van der Waals surface area (Å²) in [7, 11) is 0. The molecule has 0 aromatic heterocycles. The second-order valence-electron chi connectivity index (χ2n) is 7.01. The van der Waals surface area contributed by atoms with Crippen LogP contribution >= 0.6 is 0 Å². The van der Waals surface area contributed by atoms with Crippen LogP contribution in [0.5, 0.6) is 0 Å². The fourth-order valence-corrected chi connectivity index (χ4v) is 3.48. The molecule has 2 aliphatic rings. The van der Waals surface area contributed by atoms with Gasteiger partial charge in [0.15, 0.2) is 0 Å². The van der Waals surface area contributed by atoms with Gasteiger partial charge in [0.1, 0.15) is 0 Å². The van der Waals surface area contributed by atoms with Gasteiger partial charge in [-0.25, -0.2) is 0 Å². The van der Waals surface area contributed by atoms with Crippen molar-refractivity contribution in [3.8, 4) is 0 Å². The minimum absolute atomic E-state index is 0.0171. The minimum Gasteiger partial charge on any atom is -0.354 e. The quantitative estimate of drug-likeness (QED) is 0.689. The molecule has 134 valence electrons. The predicted molar refractivity (Wildman–Crippen MR) is 97.6 cm³/mol. The van der Waals surface area contributed by atoms with Gasteiger partial charge in [-0.3, -0.25) is 9.59 Å². The van der Waals surface area contributed by atoms with Crippen LogP contribution in [-0.4, -0.2) is 36.3 Å². The highest BCUT2D eigenvalue weighted by atomic mass is 16.2. The van der Waals surface area contributed by atoms with E-state index in [0.29, 0.717) is 13.1 Å². The molecule has 24 heavy (non-hydrogen) atoms. The van der Waals surface area contributed by atoms with Crippen molar-refractivity contribution >= 4 is 11.8 Å². The highest BCUT2D eigenvalue weighted by molar-refractivity contribution is 5.83. The van der Waals surface area contributed by atoms with Crippen molar-refractivity contribution in [2.75, 3.05) is 19.6 Å². The average molecular weight is 332 g/mol. The van der Waals surface area contributed by atoms with Gasteiger partial charge in [-0.15, -0.1) is 0 Å². The zero-order valence-electron chi connectivity index (χ0n) is 15.1. The SMILES string of the molecule is CC(=O)N(CCC1=CCCCC1)CC(=O)NCCC1=CCCCC1. The van der Waals surface area contributed by atoms with E-state index in [-0.39, 0.29) is 18.4 Å². The lowest BCUT2D eigenvalue weighted by atomic mass is 9.97. The second-order valence-corrected chi connectivity index (χ2v) is 7.01. The zero-order valence-corrected chi connectivity index (χ0v) is 15.1. The molecule has 0 spiro atoms. The third kappa shape index (κ3) is 6.90. The van der Waals surface area contributed by atoms with Crippen LogP contribution in [0.3, 0.4) is 0 Å². The Labute approximate surface area is 146 Å². The summed E-state index contributed by atoms with van der Waals surface area (Å²) in [4.78, 5) is 25.6. The Hall–Kier alpha value is -1.58. The van der Waals surface area contributed by atoms with Gasteiger partial charge in [-0.2, -0.15) is 0 Å². The topological polar surface area (TPSA) is 49.4 Å². The van der Waals surface area contributed by atoms with Gasteiger partial charge in [-0.1, -0.05) is 23.3 Å². The summed E-state index contributed by atoms with van der Waals surface area (Å²) in [5, 5.41) is 2.96. The lowest BCUT2D eigenvalue weighted by Gasteiger charge is -2.22. The maximum Gasteiger partial charge on any atom is 0.239 e. The number of nitrogens with zero attached hydrogens (tertiary/aromatic N) is 1. The normalized spacial score (nSPS) is 17.7. The minimum atomic E-state index is -0.0424. The number of hydrogen-bond acceptors (Lipinski definition) is 2. The Morgan fingerprint density at radius 2 is 1.62 bits per heavy atom. The summed E-state index contributed by atoms with van der Waals surface area (Å²) >= 11 is 0. The van der Waals surface area contributed by atoms with Gasteiger partial charge in [-0.05, 0) is 64.2 Å². The monoisotopic (exact) mass is 332 g/mol. The van der Waals surface area contributed by atoms with Crippen LogP contribution in [0.25, 0.3) is 0 Å². The third-order valence-corrected chi connectivity index (χ3v) is 5.02. The van der Waals surface area contributed by atoms with Crippen LogP contribution in [-0.2, 0) is 9.59 Å². The Morgan fingerprint density at radius 1 is 1.00 bits per heavy atom. The molecule has 4 nitrogen and oxygen atoms in total.